The SMILES string of the molecule is C.C.C.C.C.C.C.C.C.C.C.C.C.CC(=O)O[C@@H]1[C@@H](N=[N+]=[N-])COC[C@@H]1O.CC(=O)O[C@@H]1[C@@H](N=[N+]=[N-])COC[C@@H]1OC(c1ccccc1)(c1ccccc1)c1ccccc1.CC(=O)O[C@@H]1[C@@H](N=[N+]=[N-])COC[C@H]1SC(C)=O.[N-]=[N+]=N[C@H]1COC[C@@H](S)[C@@H]1O.[N-]=[N+]=N[C@H]1COC[C@H](OC(c2ccccc2)(c2ccccc2)c2ccccc2)[C@@H]1O. The number of ether oxygens (including phenoxy) is 10. The molecule has 0 bridgehead atoms. The summed E-state index contributed by atoms with van der Waals surface area (Å²) >= 11 is 5.08. The number of benzene rings is 6. The third kappa shape index (κ3) is 34.3. The van der Waals surface area contributed by atoms with Crippen LogP contribution in [0.5, 0.6) is 0 Å². The molecule has 6 aromatic carbocycles. The van der Waals surface area contributed by atoms with Gasteiger partial charge in [0, 0.05) is 52.3 Å². The van der Waals surface area contributed by atoms with Gasteiger partial charge in [0.2, 0.25) is 0 Å². The van der Waals surface area contributed by atoms with E-state index in [-0.39, 0.29) is 165 Å². The quantitative estimate of drug-likeness (QED) is 0.0111. The zero-order valence-corrected chi connectivity index (χ0v) is 59.4. The van der Waals surface area contributed by atoms with Crippen molar-refractivity contribution < 1.29 is 81.9 Å². The van der Waals surface area contributed by atoms with Crippen LogP contribution in [0.1, 0.15) is 158 Å². The summed E-state index contributed by atoms with van der Waals surface area (Å²) in [6, 6.07) is 56.3. The van der Waals surface area contributed by atoms with E-state index in [1.807, 2.05) is 182 Å². The molecule has 0 unspecified atom stereocenters. The smallest absolute Gasteiger partial charge is 0.303 e. The van der Waals surface area contributed by atoms with Crippen molar-refractivity contribution in [1.82, 2.24) is 0 Å². The maximum Gasteiger partial charge on any atom is 0.303 e. The first-order valence-corrected chi connectivity index (χ1v) is 34.4. The lowest BCUT2D eigenvalue weighted by Crippen LogP contribution is -2.53. The normalized spacial score (nSPS) is 22.5. The highest BCUT2D eigenvalue weighted by Gasteiger charge is 2.48. The number of esters is 3. The zero-order valence-electron chi connectivity index (χ0n) is 57.7. The molecule has 658 valence electrons. The zero-order chi connectivity index (χ0) is 75.6. The lowest BCUT2D eigenvalue weighted by atomic mass is 9.79. The summed E-state index contributed by atoms with van der Waals surface area (Å²) < 4.78 is 55.8. The summed E-state index contributed by atoms with van der Waals surface area (Å²) in [6.07, 6.45) is -6.20. The molecule has 0 amide bonds. The van der Waals surface area contributed by atoms with Gasteiger partial charge in [0.25, 0.3) is 0 Å². The Morgan fingerprint density at radius 1 is 0.356 bits per heavy atom. The number of hydrogen-bond acceptors (Lipinski definition) is 24. The van der Waals surface area contributed by atoms with E-state index in [9.17, 15) is 34.5 Å². The van der Waals surface area contributed by atoms with Gasteiger partial charge in [-0.25, -0.2) is 0 Å². The van der Waals surface area contributed by atoms with Crippen LogP contribution in [0.3, 0.4) is 0 Å². The fourth-order valence-electron chi connectivity index (χ4n) is 12.0. The van der Waals surface area contributed by atoms with E-state index in [1.165, 1.54) is 27.7 Å². The van der Waals surface area contributed by atoms with E-state index in [4.69, 9.17) is 75.0 Å². The Morgan fingerprint density at radius 3 is 0.941 bits per heavy atom. The molecule has 3 N–H and O–H groups in total. The number of carbonyl (C=O) groups is 4. The van der Waals surface area contributed by atoms with Gasteiger partial charge in [-0.1, -0.05) is 316 Å². The van der Waals surface area contributed by atoms with Crippen LogP contribution < -0.4 is 0 Å². The van der Waals surface area contributed by atoms with Crippen LogP contribution in [0.15, 0.2) is 208 Å². The number of nitrogens with zero attached hydrogens (tertiary/aromatic N) is 15. The van der Waals surface area contributed by atoms with Crippen LogP contribution in [0.25, 0.3) is 52.2 Å². The molecule has 32 nitrogen and oxygen atoms in total. The van der Waals surface area contributed by atoms with Crippen molar-refractivity contribution in [3.05, 3.63) is 268 Å². The van der Waals surface area contributed by atoms with Gasteiger partial charge in [0.1, 0.15) is 59.9 Å². The molecule has 0 radical (unpaired) electrons. The molecule has 15 atom stereocenters. The first-order valence-electron chi connectivity index (χ1n) is 33.0. The Balaban J connectivity index is -0.000000267. The second-order valence-electron chi connectivity index (χ2n) is 23.9. The highest BCUT2D eigenvalue weighted by molar-refractivity contribution is 8.14. The van der Waals surface area contributed by atoms with Crippen molar-refractivity contribution in [1.29, 1.82) is 0 Å². The minimum Gasteiger partial charge on any atom is -0.461 e. The molecule has 5 fully saturated rings. The molecule has 5 saturated heterocycles. The Hall–Kier alpha value is -9.75. The Labute approximate surface area is 709 Å². The summed E-state index contributed by atoms with van der Waals surface area (Å²) in [6.45, 7) is 7.36. The predicted octanol–water partition coefficient (Wildman–Crippen LogP) is 19.3. The predicted molar refractivity (Wildman–Crippen MR) is 474 cm³/mol. The first kappa shape index (κ1) is 121. The van der Waals surface area contributed by atoms with Crippen molar-refractivity contribution in [2.24, 2.45) is 25.6 Å². The second kappa shape index (κ2) is 63.3. The van der Waals surface area contributed by atoms with Crippen LogP contribution in [0, 0.1) is 0 Å². The van der Waals surface area contributed by atoms with Crippen molar-refractivity contribution in [2.45, 2.75) is 225 Å². The molecule has 0 aliphatic carbocycles. The molecule has 0 aromatic heterocycles. The number of hydrogen-bond donors (Lipinski definition) is 4. The summed E-state index contributed by atoms with van der Waals surface area (Å²) in [4.78, 5) is 58.3. The number of azide groups is 5. The van der Waals surface area contributed by atoms with E-state index in [2.05, 4.69) is 62.8 Å². The first-order chi connectivity index (χ1) is 50.8. The van der Waals surface area contributed by atoms with Crippen LogP contribution in [0.2, 0.25) is 0 Å². The Morgan fingerprint density at radius 2 is 0.610 bits per heavy atom. The van der Waals surface area contributed by atoms with Crippen molar-refractivity contribution >= 4 is 47.4 Å². The van der Waals surface area contributed by atoms with Gasteiger partial charge >= 0.3 is 17.9 Å². The maximum absolute atomic E-state index is 11.9. The van der Waals surface area contributed by atoms with E-state index in [0.717, 1.165) is 45.1 Å². The van der Waals surface area contributed by atoms with Gasteiger partial charge < -0.3 is 62.7 Å². The summed E-state index contributed by atoms with van der Waals surface area (Å²) in [5.41, 5.74) is 46.2. The van der Waals surface area contributed by atoms with Gasteiger partial charge in [-0.3, -0.25) is 19.2 Å². The van der Waals surface area contributed by atoms with Crippen molar-refractivity contribution in [2.75, 3.05) is 66.1 Å². The molecule has 0 spiro atoms. The van der Waals surface area contributed by atoms with Gasteiger partial charge in [-0.15, -0.1) is 0 Å². The average Bonchev–Trinajstić information content (AvgIpc) is 0.789. The number of thiol groups is 1. The highest BCUT2D eigenvalue weighted by Crippen LogP contribution is 2.45. The van der Waals surface area contributed by atoms with Gasteiger partial charge in [-0.2, -0.15) is 12.6 Å². The molecule has 5 aliphatic rings. The van der Waals surface area contributed by atoms with Gasteiger partial charge in [-0.05, 0) is 61.0 Å². The standard InChI is InChI=1S/C26H25N3O4.C24H23N3O3.C9H13N3O4S.C7H11N3O4.C5H9N3O2S.13CH4/c1-19(30)32-25-23(28-29-27)17-31-18-24(25)33-26(20-11-5-2-6-12-20,21-13-7-3-8-14-21)22-15-9-4-10-16-22;25-27-26-21-16-29-17-22(23(21)28)30-24(18-10-4-1-5-11-18,19-12-6-2-7-13-19)20-14-8-3-9-15-20;1-5(13)16-9-7(11-12-10)3-15-4-8(9)17-6(2)14;1-4(11)14-7-5(9-10-8)2-13-3-6(7)12;6-8-7-3-1-10-2-4(11)5(3)9;;;;;;;;;;;;;/h2-16,23-25H,17-18H2,1H3;1-15,21-23,28H,16-17H2;7-9H,3-4H2,1-2H3;5-7,12H,2-3H2,1H3;3-5,9,11H,1-2H2;13*1H4/t23-,24-,25+;21-,22-,23+;7-,8+,9+;5-,6-,7+;3-,4+,5+;;;;;;;;;;;;;/m00000............./s1. The van der Waals surface area contributed by atoms with Crippen molar-refractivity contribution in [3.8, 4) is 0 Å². The highest BCUT2D eigenvalue weighted by atomic mass is 32.2. The Kier molecular flexibility index (Phi) is 65.2. The number of aliphatic hydroxyl groups excluding tert-OH is 3. The minimum absolute atomic E-state index is 0. The summed E-state index contributed by atoms with van der Waals surface area (Å²) in [5.74, 6) is -1.46. The lowest BCUT2D eigenvalue weighted by molar-refractivity contribution is -0.189. The fourth-order valence-corrected chi connectivity index (χ4v) is 13.3. The molecule has 11 rings (SSSR count). The number of thioether (sulfide) groups is 1. The third-order valence-corrected chi connectivity index (χ3v) is 18.1. The molecule has 0 saturated carbocycles. The van der Waals surface area contributed by atoms with Crippen LogP contribution in [0.4, 0.5) is 0 Å². The molecule has 5 aliphatic heterocycles. The topological polar surface area (TPSA) is 465 Å². The average molecular weight is 1690 g/mol. The minimum atomic E-state index is -1.02. The summed E-state index contributed by atoms with van der Waals surface area (Å²) in [5, 5.41) is 46.8. The van der Waals surface area contributed by atoms with Crippen LogP contribution >= 0.6 is 24.4 Å². The lowest BCUT2D eigenvalue weighted by Gasteiger charge is -2.43. The summed E-state index contributed by atoms with van der Waals surface area (Å²) in [7, 11) is 0. The fraction of sp³-hybridized carbons (Fsp3) is 0.524. The van der Waals surface area contributed by atoms with Crippen LogP contribution in [-0.4, -0.2) is 194 Å². The number of rotatable bonds is 19. The van der Waals surface area contributed by atoms with E-state index >= 15 is 0 Å². The molecule has 34 heteroatoms. The third-order valence-electron chi connectivity index (χ3n) is 16.6. The van der Waals surface area contributed by atoms with E-state index in [1.54, 1.807) is 0 Å². The van der Waals surface area contributed by atoms with E-state index < -0.39 is 108 Å². The monoisotopic (exact) mass is 1690 g/mol. The van der Waals surface area contributed by atoms with Crippen molar-refractivity contribution in [3.63, 3.8) is 0 Å². The van der Waals surface area contributed by atoms with E-state index in [0.29, 0.717) is 13.2 Å². The van der Waals surface area contributed by atoms with Gasteiger partial charge in [0.05, 0.1) is 107 Å². The molecular formula is C84H133N15O17S2. The maximum atomic E-state index is 11.9. The molecular weight excluding hydrogens is 1560 g/mol. The number of carbonyl (C=O) groups excluding carboxylic acids is 4. The molecule has 118 heavy (non-hydrogen) atoms. The molecule has 5 heterocycles. The largest absolute Gasteiger partial charge is 0.461 e. The number of aliphatic hydroxyl groups is 3. The van der Waals surface area contributed by atoms with Gasteiger partial charge in [0.15, 0.2) is 5.12 Å². The second-order valence-corrected chi connectivity index (χ2v) is 26.0. The van der Waals surface area contributed by atoms with Crippen LogP contribution in [-0.2, 0) is 77.7 Å². The Bertz CT molecular complexity index is 3780. The molecule has 6 aromatic rings.